The predicted octanol–water partition coefficient (Wildman–Crippen LogP) is 0.595. The summed E-state index contributed by atoms with van der Waals surface area (Å²) >= 11 is 0. The van der Waals surface area contributed by atoms with E-state index in [0.717, 1.165) is 6.21 Å². The fourth-order valence-electron chi connectivity index (χ4n) is 1.38. The molecular weight excluding hydrogens is 270 g/mol. The van der Waals surface area contributed by atoms with Crippen molar-refractivity contribution in [1.29, 1.82) is 0 Å². The van der Waals surface area contributed by atoms with E-state index in [1.807, 2.05) is 0 Å². The molecule has 0 spiro atoms. The zero-order valence-corrected chi connectivity index (χ0v) is 11.5. The Labute approximate surface area is 112 Å². The topological polar surface area (TPSA) is 101 Å². The smallest absolute Gasteiger partial charge is 0.242 e. The number of oxime groups is 1. The quantitative estimate of drug-likeness (QED) is 0.565. The normalized spacial score (nSPS) is 15.1. The molecule has 0 bridgehead atoms. The summed E-state index contributed by atoms with van der Waals surface area (Å²) in [6, 6.07) is 4.87. The molecule has 0 aliphatic heterocycles. The molecule has 1 rings (SSSR count). The summed E-state index contributed by atoms with van der Waals surface area (Å²) in [5, 5.41) is 11.8. The molecule has 0 aliphatic carbocycles. The Bertz CT molecular complexity index is 502. The van der Waals surface area contributed by atoms with Gasteiger partial charge in [0.1, 0.15) is 18.2 Å². The highest BCUT2D eigenvalue weighted by Gasteiger charge is 2.26. The third kappa shape index (κ3) is 5.23. The van der Waals surface area contributed by atoms with Gasteiger partial charge in [0.2, 0.25) is 10.0 Å². The van der Waals surface area contributed by atoms with Gasteiger partial charge in [0.15, 0.2) is 0 Å². The Morgan fingerprint density at radius 3 is 2.84 bits per heavy atom. The summed E-state index contributed by atoms with van der Waals surface area (Å²) in [4.78, 5) is 8.36. The molecule has 1 aromatic heterocycles. The van der Waals surface area contributed by atoms with Crippen molar-refractivity contribution < 1.29 is 18.4 Å². The zero-order chi connectivity index (χ0) is 14.3. The monoisotopic (exact) mass is 287 g/mol. The van der Waals surface area contributed by atoms with Gasteiger partial charge in [-0.05, 0) is 25.5 Å². The maximum atomic E-state index is 12.1. The number of nitrogens with one attached hydrogen (secondary N) is 1. The van der Waals surface area contributed by atoms with Crippen LogP contribution in [0.2, 0.25) is 0 Å². The Morgan fingerprint density at radius 1 is 1.58 bits per heavy atom. The first kappa shape index (κ1) is 15.4. The molecule has 2 atom stereocenters. The van der Waals surface area contributed by atoms with Gasteiger partial charge in [0.05, 0.1) is 12.3 Å². The third-order valence-corrected chi connectivity index (χ3v) is 3.82. The van der Waals surface area contributed by atoms with E-state index in [1.165, 1.54) is 26.3 Å². The molecule has 19 heavy (non-hydrogen) atoms. The highest BCUT2D eigenvalue weighted by Crippen LogP contribution is 2.12. The number of aliphatic hydroxyl groups is 1. The van der Waals surface area contributed by atoms with Gasteiger partial charge in [-0.2, -0.15) is 0 Å². The maximum Gasteiger partial charge on any atom is 0.242 e. The fourth-order valence-corrected chi connectivity index (χ4v) is 2.68. The maximum absolute atomic E-state index is 12.1. The number of hydrogen-bond acceptors (Lipinski definition) is 6. The van der Waals surface area contributed by atoms with Crippen LogP contribution in [0.4, 0.5) is 5.82 Å². The van der Waals surface area contributed by atoms with Crippen molar-refractivity contribution in [2.75, 3.05) is 11.8 Å². The Morgan fingerprint density at radius 2 is 2.32 bits per heavy atom. The van der Waals surface area contributed by atoms with E-state index in [-0.39, 0.29) is 12.2 Å². The summed E-state index contributed by atoms with van der Waals surface area (Å²) in [6.45, 7) is 1.50. The van der Waals surface area contributed by atoms with Crippen molar-refractivity contribution in [2.45, 2.75) is 24.7 Å². The molecule has 0 aliphatic rings. The van der Waals surface area contributed by atoms with Crippen LogP contribution in [0.3, 0.4) is 0 Å². The summed E-state index contributed by atoms with van der Waals surface area (Å²) < 4.78 is 26.6. The van der Waals surface area contributed by atoms with E-state index in [9.17, 15) is 13.5 Å². The highest BCUT2D eigenvalue weighted by atomic mass is 32.2. The number of nitrogens with zero attached hydrogens (tertiary/aromatic N) is 2. The molecule has 7 nitrogen and oxygen atoms in total. The Balaban J connectivity index is 2.89. The molecule has 0 amide bonds. The first-order valence-corrected chi connectivity index (χ1v) is 7.17. The number of sulfonamides is 1. The molecule has 1 heterocycles. The van der Waals surface area contributed by atoms with Gasteiger partial charge in [0.25, 0.3) is 0 Å². The van der Waals surface area contributed by atoms with Gasteiger partial charge in [-0.3, -0.25) is 4.72 Å². The van der Waals surface area contributed by atoms with Crippen LogP contribution in [0, 0.1) is 0 Å². The number of rotatable bonds is 7. The number of hydrogen-bond donors (Lipinski definition) is 2. The highest BCUT2D eigenvalue weighted by molar-refractivity contribution is 7.94. The van der Waals surface area contributed by atoms with Gasteiger partial charge in [0, 0.05) is 6.20 Å². The average molecular weight is 287 g/mol. The molecule has 0 aromatic carbocycles. The lowest BCUT2D eigenvalue weighted by molar-refractivity contribution is 0.186. The molecule has 8 heteroatoms. The number of aromatic nitrogens is 1. The number of anilines is 1. The summed E-state index contributed by atoms with van der Waals surface area (Å²) in [5.41, 5.74) is 0. The number of pyridine rings is 1. The summed E-state index contributed by atoms with van der Waals surface area (Å²) in [5.74, 6) is 0.212. The fraction of sp³-hybridized carbons (Fsp3) is 0.455. The van der Waals surface area contributed by atoms with Crippen molar-refractivity contribution in [3.05, 3.63) is 24.4 Å². The largest absolute Gasteiger partial charge is 0.399 e. The van der Waals surface area contributed by atoms with Crippen molar-refractivity contribution in [2.24, 2.45) is 5.16 Å². The minimum Gasteiger partial charge on any atom is -0.399 e. The van der Waals surface area contributed by atoms with Crippen molar-refractivity contribution in [1.82, 2.24) is 4.98 Å². The lowest BCUT2D eigenvalue weighted by atomic mass is 10.2. The molecule has 2 N–H and O–H groups in total. The van der Waals surface area contributed by atoms with Crippen molar-refractivity contribution in [3.8, 4) is 0 Å². The minimum absolute atomic E-state index is 0.00896. The van der Waals surface area contributed by atoms with Crippen molar-refractivity contribution in [3.63, 3.8) is 0 Å². The lowest BCUT2D eigenvalue weighted by Gasteiger charge is -2.15. The van der Waals surface area contributed by atoms with Crippen LogP contribution < -0.4 is 4.72 Å². The van der Waals surface area contributed by atoms with Gasteiger partial charge < -0.3 is 9.94 Å². The average Bonchev–Trinajstić information content (AvgIpc) is 2.34. The minimum atomic E-state index is -3.74. The van der Waals surface area contributed by atoms with Gasteiger partial charge in [-0.25, -0.2) is 13.4 Å². The van der Waals surface area contributed by atoms with E-state index >= 15 is 0 Å². The van der Waals surface area contributed by atoms with Crippen LogP contribution in [0.5, 0.6) is 0 Å². The molecule has 106 valence electrons. The summed E-state index contributed by atoms with van der Waals surface area (Å²) in [7, 11) is -2.43. The first-order chi connectivity index (χ1) is 8.95. The molecular formula is C11H17N3O4S. The van der Waals surface area contributed by atoms with E-state index in [4.69, 9.17) is 0 Å². The van der Waals surface area contributed by atoms with Crippen LogP contribution in [-0.2, 0) is 14.9 Å². The molecule has 0 saturated heterocycles. The van der Waals surface area contributed by atoms with E-state index in [0.29, 0.717) is 0 Å². The standard InChI is InChI=1S/C11H17N3O4S/c1-9(15)7-10(8-13-18-2)19(16,17)14-11-5-3-4-6-12-11/h3-6,8-10,15H,7H2,1-2H3,(H,12,14). The van der Waals surface area contributed by atoms with Crippen molar-refractivity contribution >= 4 is 22.1 Å². The number of aliphatic hydroxyl groups excluding tert-OH is 1. The van der Waals surface area contributed by atoms with E-state index in [1.54, 1.807) is 12.1 Å². The first-order valence-electron chi connectivity index (χ1n) is 5.63. The van der Waals surface area contributed by atoms with Crippen LogP contribution in [0.1, 0.15) is 13.3 Å². The molecule has 0 fully saturated rings. The van der Waals surface area contributed by atoms with Gasteiger partial charge in [-0.15, -0.1) is 0 Å². The second kappa shape index (κ2) is 7.05. The molecule has 1 aromatic rings. The van der Waals surface area contributed by atoms with Crippen LogP contribution in [0.15, 0.2) is 29.6 Å². The molecule has 0 saturated carbocycles. The third-order valence-electron chi connectivity index (χ3n) is 2.22. The zero-order valence-electron chi connectivity index (χ0n) is 10.7. The second-order valence-corrected chi connectivity index (χ2v) is 5.82. The van der Waals surface area contributed by atoms with Gasteiger partial charge >= 0.3 is 0 Å². The molecule has 2 unspecified atom stereocenters. The van der Waals surface area contributed by atoms with Crippen LogP contribution in [0.25, 0.3) is 0 Å². The molecule has 0 radical (unpaired) electrons. The Kier molecular flexibility index (Phi) is 5.71. The van der Waals surface area contributed by atoms with Crippen LogP contribution >= 0.6 is 0 Å². The van der Waals surface area contributed by atoms with E-state index < -0.39 is 21.4 Å². The summed E-state index contributed by atoms with van der Waals surface area (Å²) in [6.07, 6.45) is 1.84. The predicted molar refractivity (Wildman–Crippen MR) is 72.4 cm³/mol. The van der Waals surface area contributed by atoms with E-state index in [2.05, 4.69) is 19.7 Å². The SMILES string of the molecule is CON=CC(CC(C)O)S(=O)(=O)Nc1ccccn1. The van der Waals surface area contributed by atoms with Gasteiger partial charge in [-0.1, -0.05) is 11.2 Å². The lowest BCUT2D eigenvalue weighted by Crippen LogP contribution is -2.32. The Hall–Kier alpha value is -1.67. The van der Waals surface area contributed by atoms with Crippen LogP contribution in [-0.4, -0.2) is 43.2 Å². The second-order valence-electron chi connectivity index (χ2n) is 3.92.